The van der Waals surface area contributed by atoms with Crippen molar-refractivity contribution in [1.82, 2.24) is 9.97 Å². The van der Waals surface area contributed by atoms with Crippen molar-refractivity contribution in [2.24, 2.45) is 5.92 Å². The fraction of sp³-hybridized carbons (Fsp3) is 0.391. The van der Waals surface area contributed by atoms with Gasteiger partial charge in [0.1, 0.15) is 5.82 Å². The van der Waals surface area contributed by atoms with Gasteiger partial charge in [-0.25, -0.2) is 4.98 Å². The van der Waals surface area contributed by atoms with Crippen molar-refractivity contribution in [3.05, 3.63) is 51.6 Å². The van der Waals surface area contributed by atoms with Gasteiger partial charge in [0, 0.05) is 24.9 Å². The molecule has 1 aliphatic rings. The van der Waals surface area contributed by atoms with Crippen LogP contribution in [0.1, 0.15) is 47.4 Å². The highest BCUT2D eigenvalue weighted by molar-refractivity contribution is 5.98. The first-order valence-electron chi connectivity index (χ1n) is 10.8. The summed E-state index contributed by atoms with van der Waals surface area (Å²) in [5, 5.41) is 21.1. The second-order valence-corrected chi connectivity index (χ2v) is 8.23. The maximum Gasteiger partial charge on any atom is 0.306 e. The number of anilines is 2. The number of benzene rings is 1. The smallest absolute Gasteiger partial charge is 0.306 e. The molecule has 0 bridgehead atoms. The van der Waals surface area contributed by atoms with Gasteiger partial charge >= 0.3 is 11.9 Å². The van der Waals surface area contributed by atoms with E-state index in [1.54, 1.807) is 31.2 Å². The third-order valence-corrected chi connectivity index (χ3v) is 5.81. The van der Waals surface area contributed by atoms with Crippen LogP contribution in [-0.2, 0) is 20.8 Å². The number of carbonyl (C=O) groups is 4. The number of hydrogen-bond donors (Lipinski definition) is 4. The number of nitrogens with one attached hydrogen (secondary N) is 2. The fourth-order valence-corrected chi connectivity index (χ4v) is 3.96. The van der Waals surface area contributed by atoms with Crippen LogP contribution in [0.3, 0.4) is 0 Å². The number of carbonyl (C=O) groups excluding carboxylic acids is 2. The molecule has 2 unspecified atom stereocenters. The standard InChI is InChI=1S/C23H26N4O7/c1-13-25-21-20(22(32)26-13)27(12-28)17(11-24-21)8-4-14-2-5-15(6-3-14)18(29)10-16(23(33)34)7-9-19(30)31/h2-3,5-6,12,16-17H,4,7-11H2,1H3,(H,30,31)(H,33,34)(H2,24,25,26,32). The van der Waals surface area contributed by atoms with Crippen molar-refractivity contribution in [3.63, 3.8) is 0 Å². The van der Waals surface area contributed by atoms with Crippen LogP contribution in [0.4, 0.5) is 11.5 Å². The molecule has 0 fully saturated rings. The Morgan fingerprint density at radius 2 is 1.94 bits per heavy atom. The Hall–Kier alpha value is -4.02. The van der Waals surface area contributed by atoms with Gasteiger partial charge in [-0.3, -0.25) is 24.0 Å². The minimum Gasteiger partial charge on any atom is -0.481 e. The van der Waals surface area contributed by atoms with E-state index in [1.807, 2.05) is 0 Å². The number of Topliss-reactive ketones (excluding diaryl/α,β-unsaturated/α-hetero) is 1. The topological polar surface area (TPSA) is 170 Å². The van der Waals surface area contributed by atoms with Gasteiger partial charge in [0.25, 0.3) is 5.56 Å². The molecule has 11 nitrogen and oxygen atoms in total. The van der Waals surface area contributed by atoms with Crippen molar-refractivity contribution in [2.75, 3.05) is 16.8 Å². The summed E-state index contributed by atoms with van der Waals surface area (Å²) in [5.74, 6) is -2.91. The lowest BCUT2D eigenvalue weighted by Gasteiger charge is -2.33. The third kappa shape index (κ3) is 5.85. The number of rotatable bonds is 11. The predicted octanol–water partition coefficient (Wildman–Crippen LogP) is 1.61. The fourth-order valence-electron chi connectivity index (χ4n) is 3.96. The first-order valence-corrected chi connectivity index (χ1v) is 10.8. The van der Waals surface area contributed by atoms with Gasteiger partial charge in [0.05, 0.1) is 12.0 Å². The number of ketones is 1. The highest BCUT2D eigenvalue weighted by Crippen LogP contribution is 2.26. The number of carboxylic acid groups (broad SMARTS) is 2. The molecule has 34 heavy (non-hydrogen) atoms. The molecular formula is C23H26N4O7. The van der Waals surface area contributed by atoms with Crippen molar-refractivity contribution < 1.29 is 29.4 Å². The average Bonchev–Trinajstić information content (AvgIpc) is 2.79. The van der Waals surface area contributed by atoms with Crippen LogP contribution >= 0.6 is 0 Å². The Kier molecular flexibility index (Phi) is 7.77. The molecule has 1 aromatic carbocycles. The Labute approximate surface area is 194 Å². The lowest BCUT2D eigenvalue weighted by atomic mass is 9.93. The van der Waals surface area contributed by atoms with E-state index in [0.29, 0.717) is 43.0 Å². The molecule has 180 valence electrons. The van der Waals surface area contributed by atoms with E-state index in [2.05, 4.69) is 15.3 Å². The van der Waals surface area contributed by atoms with E-state index >= 15 is 0 Å². The summed E-state index contributed by atoms with van der Waals surface area (Å²) in [4.78, 5) is 66.8. The molecule has 2 atom stereocenters. The lowest BCUT2D eigenvalue weighted by molar-refractivity contribution is -0.142. The Morgan fingerprint density at radius 3 is 2.56 bits per heavy atom. The number of nitrogens with zero attached hydrogens (tertiary/aromatic N) is 2. The molecule has 3 rings (SSSR count). The van der Waals surface area contributed by atoms with Gasteiger partial charge in [-0.05, 0) is 31.7 Å². The zero-order valence-corrected chi connectivity index (χ0v) is 18.6. The number of H-pyrrole nitrogens is 1. The normalized spacial score (nSPS) is 15.7. The summed E-state index contributed by atoms with van der Waals surface area (Å²) in [6.07, 6.45) is 1.06. The van der Waals surface area contributed by atoms with Crippen LogP contribution in [-0.4, -0.2) is 56.9 Å². The molecule has 2 heterocycles. The average molecular weight is 470 g/mol. The summed E-state index contributed by atoms with van der Waals surface area (Å²) >= 11 is 0. The van der Waals surface area contributed by atoms with Crippen molar-refractivity contribution in [1.29, 1.82) is 0 Å². The van der Waals surface area contributed by atoms with Crippen LogP contribution in [0.15, 0.2) is 29.1 Å². The van der Waals surface area contributed by atoms with E-state index < -0.39 is 23.4 Å². The first-order chi connectivity index (χ1) is 16.2. The monoisotopic (exact) mass is 470 g/mol. The highest BCUT2D eigenvalue weighted by atomic mass is 16.4. The summed E-state index contributed by atoms with van der Waals surface area (Å²) < 4.78 is 0. The summed E-state index contributed by atoms with van der Waals surface area (Å²) in [7, 11) is 0. The van der Waals surface area contributed by atoms with E-state index in [1.165, 1.54) is 4.90 Å². The number of aliphatic carboxylic acids is 2. The maximum atomic E-state index is 12.5. The molecule has 1 amide bonds. The van der Waals surface area contributed by atoms with Gasteiger partial charge in [-0.1, -0.05) is 24.3 Å². The summed E-state index contributed by atoms with van der Waals surface area (Å²) in [5.41, 5.74) is 1.05. The molecule has 2 aromatic rings. The predicted molar refractivity (Wildman–Crippen MR) is 122 cm³/mol. The van der Waals surface area contributed by atoms with Crippen LogP contribution in [0.5, 0.6) is 0 Å². The van der Waals surface area contributed by atoms with Gasteiger partial charge in [0.2, 0.25) is 6.41 Å². The maximum absolute atomic E-state index is 12.5. The molecule has 11 heteroatoms. The SMILES string of the molecule is Cc1nc2c(c(=O)[nH]1)N(C=O)C(CCc1ccc(C(=O)CC(CCC(=O)O)C(=O)O)cc1)CN2. The largest absolute Gasteiger partial charge is 0.481 e. The van der Waals surface area contributed by atoms with Crippen molar-refractivity contribution in [2.45, 2.75) is 45.1 Å². The highest BCUT2D eigenvalue weighted by Gasteiger charge is 2.29. The van der Waals surface area contributed by atoms with Gasteiger partial charge in [-0.15, -0.1) is 0 Å². The van der Waals surface area contributed by atoms with Crippen LogP contribution in [0, 0.1) is 12.8 Å². The van der Waals surface area contributed by atoms with Crippen molar-refractivity contribution in [3.8, 4) is 0 Å². The molecule has 0 saturated carbocycles. The van der Waals surface area contributed by atoms with E-state index in [-0.39, 0.29) is 36.8 Å². The minimum absolute atomic E-state index is 0.113. The summed E-state index contributed by atoms with van der Waals surface area (Å²) in [6.45, 7) is 2.10. The molecule has 4 N–H and O–H groups in total. The molecular weight excluding hydrogens is 444 g/mol. The van der Waals surface area contributed by atoms with Gasteiger partial charge in [0.15, 0.2) is 17.3 Å². The van der Waals surface area contributed by atoms with Crippen LogP contribution < -0.4 is 15.8 Å². The molecule has 1 aliphatic heterocycles. The Balaban J connectivity index is 1.62. The number of aryl methyl sites for hydroxylation is 2. The lowest BCUT2D eigenvalue weighted by Crippen LogP contribution is -2.46. The van der Waals surface area contributed by atoms with Crippen molar-refractivity contribution >= 4 is 35.6 Å². The van der Waals surface area contributed by atoms with Crippen LogP contribution in [0.2, 0.25) is 0 Å². The van der Waals surface area contributed by atoms with E-state index in [0.717, 1.165) is 5.56 Å². The number of fused-ring (bicyclic) bond motifs is 1. The molecule has 0 saturated heterocycles. The number of carboxylic acids is 2. The van der Waals surface area contributed by atoms with Gasteiger partial charge < -0.3 is 25.4 Å². The number of amides is 1. The number of hydrogen-bond acceptors (Lipinski definition) is 7. The molecule has 0 aliphatic carbocycles. The molecule has 1 aromatic heterocycles. The zero-order valence-electron chi connectivity index (χ0n) is 18.6. The van der Waals surface area contributed by atoms with Gasteiger partial charge in [-0.2, -0.15) is 0 Å². The third-order valence-electron chi connectivity index (χ3n) is 5.81. The van der Waals surface area contributed by atoms with E-state index in [4.69, 9.17) is 5.11 Å². The number of aromatic amines is 1. The first kappa shape index (κ1) is 24.6. The molecule has 0 radical (unpaired) electrons. The second kappa shape index (κ2) is 10.7. The quantitative estimate of drug-likeness (QED) is 0.281. The Morgan fingerprint density at radius 1 is 1.24 bits per heavy atom. The van der Waals surface area contributed by atoms with Crippen LogP contribution in [0.25, 0.3) is 0 Å². The minimum atomic E-state index is -1.20. The number of aromatic nitrogens is 2. The Bertz CT molecular complexity index is 1140. The summed E-state index contributed by atoms with van der Waals surface area (Å²) in [6, 6.07) is 6.47. The molecule has 0 spiro atoms. The second-order valence-electron chi connectivity index (χ2n) is 8.23. The zero-order chi connectivity index (χ0) is 24.8. The van der Waals surface area contributed by atoms with E-state index in [9.17, 15) is 29.1 Å².